The maximum Gasteiger partial charge on any atom is 0.121 e. The van der Waals surface area contributed by atoms with Gasteiger partial charge in [0.15, 0.2) is 0 Å². The molecule has 8 nitrogen and oxygen atoms in total. The molecule has 4 fully saturated rings. The van der Waals surface area contributed by atoms with Crippen LogP contribution in [0.2, 0.25) is 0 Å². The number of fused-ring (bicyclic) bond motifs is 13. The predicted molar refractivity (Wildman–Crippen MR) is 389 cm³/mol. The Hall–Kier alpha value is -10.8. The molecule has 6 aliphatic rings. The van der Waals surface area contributed by atoms with Crippen molar-refractivity contribution in [2.24, 2.45) is 0 Å². The molecule has 8 heteroatoms. The van der Waals surface area contributed by atoms with E-state index in [-0.39, 0.29) is 36.6 Å². The Morgan fingerprint density at radius 2 is 0.531 bits per heavy atom. The largest absolute Gasteiger partial charge is 0.491 e. The molecule has 7 unspecified atom stereocenters. The summed E-state index contributed by atoms with van der Waals surface area (Å²) in [6.45, 7) is 3.53. The molecule has 0 bridgehead atoms. The average Bonchev–Trinajstić information content (AvgIpc) is 1.56. The molecule has 7 atom stereocenters. The van der Waals surface area contributed by atoms with Crippen LogP contribution in [0.15, 0.2) is 279 Å². The molecular formula is C90H64O8. The summed E-state index contributed by atoms with van der Waals surface area (Å²) in [6.07, 6.45) is 0.158. The van der Waals surface area contributed by atoms with Gasteiger partial charge in [-0.1, -0.05) is 170 Å². The quantitative estimate of drug-likeness (QED) is 0.0834. The van der Waals surface area contributed by atoms with E-state index in [2.05, 4.69) is 279 Å². The van der Waals surface area contributed by atoms with E-state index < -0.39 is 10.8 Å². The van der Waals surface area contributed by atoms with Crippen molar-refractivity contribution in [3.8, 4) is 45.3 Å². The third-order valence-corrected chi connectivity index (χ3v) is 21.8. The zero-order valence-electron chi connectivity index (χ0n) is 53.5. The van der Waals surface area contributed by atoms with Crippen molar-refractivity contribution in [1.29, 1.82) is 0 Å². The molecule has 0 radical (unpaired) electrons. The van der Waals surface area contributed by atoms with Crippen molar-refractivity contribution in [2.45, 2.75) is 47.5 Å². The number of hydrogen-bond acceptors (Lipinski definition) is 8. The second-order valence-corrected chi connectivity index (χ2v) is 27.6. The Labute approximate surface area is 566 Å². The Morgan fingerprint density at radius 1 is 0.255 bits per heavy atom. The molecule has 15 aromatic carbocycles. The van der Waals surface area contributed by atoms with Gasteiger partial charge in [-0.2, -0.15) is 0 Å². The normalized spacial score (nSPS) is 21.1. The topological polar surface area (TPSA) is 87.0 Å². The van der Waals surface area contributed by atoms with E-state index in [0.717, 1.165) is 79.3 Å². The van der Waals surface area contributed by atoms with Gasteiger partial charge >= 0.3 is 0 Å². The number of ether oxygens (including phenoxy) is 8. The summed E-state index contributed by atoms with van der Waals surface area (Å²) in [4.78, 5) is 0. The fraction of sp³-hybridized carbons (Fsp3) is 0.156. The first kappa shape index (κ1) is 56.3. The van der Waals surface area contributed by atoms with E-state index >= 15 is 0 Å². The van der Waals surface area contributed by atoms with Gasteiger partial charge in [-0.3, -0.25) is 0 Å². The number of epoxide rings is 4. The third kappa shape index (κ3) is 9.26. The Bertz CT molecular complexity index is 5740. The lowest BCUT2D eigenvalue weighted by atomic mass is 9.66. The molecule has 2 aliphatic carbocycles. The van der Waals surface area contributed by atoms with Crippen LogP contribution in [-0.4, -0.2) is 76.3 Å². The summed E-state index contributed by atoms with van der Waals surface area (Å²) in [5.74, 6) is 3.33. The van der Waals surface area contributed by atoms with Crippen LogP contribution in [0.4, 0.5) is 0 Å². The zero-order valence-corrected chi connectivity index (χ0v) is 53.5. The fourth-order valence-electron chi connectivity index (χ4n) is 16.6. The van der Waals surface area contributed by atoms with Crippen LogP contribution in [0, 0.1) is 0 Å². The second-order valence-electron chi connectivity index (χ2n) is 27.6. The first-order valence-corrected chi connectivity index (χ1v) is 34.3. The molecule has 472 valence electrons. The average molecular weight is 1270 g/mol. The van der Waals surface area contributed by atoms with Crippen molar-refractivity contribution in [1.82, 2.24) is 0 Å². The molecule has 0 saturated carbocycles. The van der Waals surface area contributed by atoms with Crippen molar-refractivity contribution in [2.75, 3.05) is 39.6 Å². The van der Waals surface area contributed by atoms with E-state index in [4.69, 9.17) is 37.9 Å². The van der Waals surface area contributed by atoms with Crippen LogP contribution in [0.5, 0.6) is 23.0 Å². The fourth-order valence-corrected chi connectivity index (χ4v) is 16.6. The maximum atomic E-state index is 6.55. The van der Waals surface area contributed by atoms with Crippen molar-refractivity contribution in [3.63, 3.8) is 0 Å². The summed E-state index contributed by atoms with van der Waals surface area (Å²) in [5, 5.41) is 16.4. The van der Waals surface area contributed by atoms with Gasteiger partial charge in [0.1, 0.15) is 86.0 Å². The first-order chi connectivity index (χ1) is 48.4. The molecule has 4 aliphatic heterocycles. The van der Waals surface area contributed by atoms with Gasteiger partial charge in [-0.15, -0.1) is 0 Å². The van der Waals surface area contributed by atoms with Gasteiger partial charge < -0.3 is 37.9 Å². The zero-order chi connectivity index (χ0) is 64.2. The molecule has 4 heterocycles. The van der Waals surface area contributed by atoms with E-state index in [1.165, 1.54) is 99.1 Å². The molecular weight excluding hydrogens is 1210 g/mol. The van der Waals surface area contributed by atoms with Gasteiger partial charge in [0, 0.05) is 0 Å². The van der Waals surface area contributed by atoms with Crippen LogP contribution < -0.4 is 18.9 Å². The predicted octanol–water partition coefficient (Wildman–Crippen LogP) is 19.0. The Morgan fingerprint density at radius 3 is 0.888 bits per heavy atom. The van der Waals surface area contributed by atoms with Gasteiger partial charge in [0.25, 0.3) is 0 Å². The summed E-state index contributed by atoms with van der Waals surface area (Å²) in [6, 6.07) is 104. The maximum absolute atomic E-state index is 6.55. The monoisotopic (exact) mass is 1270 g/mol. The second kappa shape index (κ2) is 21.8. The SMILES string of the molecule is c1ccc2c(c1)-c1cc3ccccc3cc1C2(c1ccc2cc(OCC3CO3)ccc2c1)c1ccc2cc(OCC3OC3C3OC3COc3ccc4cc(C5(c6ccc7cc(OCC8CO8)ccc7c6)c6cc7ccccc7cc6-c6cc7ccccc7cc65)ccc4c3)ccc2c1. The number of benzene rings is 15. The minimum Gasteiger partial charge on any atom is -0.491 e. The highest BCUT2D eigenvalue weighted by Crippen LogP contribution is 2.60. The Balaban J connectivity index is 0.531. The lowest BCUT2D eigenvalue weighted by Gasteiger charge is -2.34. The van der Waals surface area contributed by atoms with Crippen LogP contribution in [0.25, 0.3) is 97.7 Å². The lowest BCUT2D eigenvalue weighted by Crippen LogP contribution is -2.28. The van der Waals surface area contributed by atoms with Gasteiger partial charge in [-0.25, -0.2) is 0 Å². The van der Waals surface area contributed by atoms with Crippen LogP contribution >= 0.6 is 0 Å². The highest BCUT2D eigenvalue weighted by molar-refractivity contribution is 6.03. The van der Waals surface area contributed by atoms with Crippen molar-refractivity contribution in [3.05, 3.63) is 324 Å². The van der Waals surface area contributed by atoms with E-state index in [1.54, 1.807) is 0 Å². The standard InChI is InChI=1S/C90H64O8/c1-4-12-56-44-82-78(41-53(56)9-1)77-15-7-8-16-81(77)89(82,67-25-17-63-37-71(29-21-59(63)33-67)91-47-75-49-93-75)68-26-18-65-39-73(31-23-60(65)34-68)95-51-85-87(97-85)88-86(98-88)52-96-74-32-24-62-36-70(28-20-66(62)40-74)90(69-27-19-64-38-72(30-22-61(64)35-69)92-48-76-50-94-76)83-45-57-13-5-2-10-54(57)42-79(83)80-43-55-11-3-6-14-58(55)46-84(80)90/h1-46,75-76,85-88H,47-52H2. The number of rotatable bonds is 17. The van der Waals surface area contributed by atoms with Crippen molar-refractivity contribution >= 4 is 75.4 Å². The smallest absolute Gasteiger partial charge is 0.121 e. The molecule has 21 rings (SSSR count). The molecule has 0 spiro atoms. The lowest BCUT2D eigenvalue weighted by molar-refractivity contribution is 0.250. The van der Waals surface area contributed by atoms with Gasteiger partial charge in [0.05, 0.1) is 24.0 Å². The molecule has 0 N–H and O–H groups in total. The van der Waals surface area contributed by atoms with E-state index in [1.807, 2.05) is 0 Å². The summed E-state index contributed by atoms with van der Waals surface area (Å²) in [7, 11) is 0. The molecule has 0 amide bonds. The Kier molecular flexibility index (Phi) is 12.6. The minimum atomic E-state index is -0.645. The van der Waals surface area contributed by atoms with Crippen LogP contribution in [-0.2, 0) is 29.8 Å². The van der Waals surface area contributed by atoms with Gasteiger partial charge in [-0.05, 0) is 251 Å². The summed E-state index contributed by atoms with van der Waals surface area (Å²) in [5.41, 5.74) is 13.8. The van der Waals surface area contributed by atoms with Crippen LogP contribution in [0.1, 0.15) is 44.5 Å². The molecule has 98 heavy (non-hydrogen) atoms. The van der Waals surface area contributed by atoms with Gasteiger partial charge in [0.2, 0.25) is 0 Å². The summed E-state index contributed by atoms with van der Waals surface area (Å²) < 4.78 is 48.7. The molecule has 0 aromatic heterocycles. The van der Waals surface area contributed by atoms with E-state index in [0.29, 0.717) is 26.4 Å². The third-order valence-electron chi connectivity index (χ3n) is 21.8. The molecule has 15 aromatic rings. The number of hydrogen-bond donors (Lipinski definition) is 0. The van der Waals surface area contributed by atoms with Crippen molar-refractivity contribution < 1.29 is 37.9 Å². The highest BCUT2D eigenvalue weighted by atomic mass is 16.7. The first-order valence-electron chi connectivity index (χ1n) is 34.3. The van der Waals surface area contributed by atoms with Crippen LogP contribution in [0.3, 0.4) is 0 Å². The summed E-state index contributed by atoms with van der Waals surface area (Å²) >= 11 is 0. The highest BCUT2D eigenvalue weighted by Gasteiger charge is 2.58. The minimum absolute atomic E-state index is 0.0456. The molecule has 4 saturated heterocycles. The van der Waals surface area contributed by atoms with E-state index in [9.17, 15) is 0 Å².